The van der Waals surface area contributed by atoms with Crippen molar-refractivity contribution in [3.8, 4) is 0 Å². The van der Waals surface area contributed by atoms with Gasteiger partial charge in [-0.3, -0.25) is 0 Å². The molecule has 0 aliphatic carbocycles. The molecule has 0 amide bonds. The lowest BCUT2D eigenvalue weighted by Gasteiger charge is -2.06. The second kappa shape index (κ2) is 5.87. The van der Waals surface area contributed by atoms with Gasteiger partial charge < -0.3 is 5.32 Å². The summed E-state index contributed by atoms with van der Waals surface area (Å²) < 4.78 is 36.9. The van der Waals surface area contributed by atoms with Crippen LogP contribution < -0.4 is 5.32 Å². The number of benzene rings is 1. The Kier molecular flexibility index (Phi) is 4.75. The molecule has 4 heteroatoms. The van der Waals surface area contributed by atoms with Crippen molar-refractivity contribution >= 4 is 6.08 Å². The van der Waals surface area contributed by atoms with Crippen molar-refractivity contribution in [2.75, 3.05) is 6.54 Å². The summed E-state index contributed by atoms with van der Waals surface area (Å²) in [6.45, 7) is 4.77. The Morgan fingerprint density at radius 2 is 1.76 bits per heavy atom. The number of hydrogen-bond donors (Lipinski definition) is 1. The average Bonchev–Trinajstić information content (AvgIpc) is 2.23. The second-order valence-corrected chi connectivity index (χ2v) is 4.09. The van der Waals surface area contributed by atoms with Crippen molar-refractivity contribution in [1.82, 2.24) is 5.32 Å². The summed E-state index contributed by atoms with van der Waals surface area (Å²) in [4.78, 5) is 0. The molecule has 1 N–H and O–H groups in total. The van der Waals surface area contributed by atoms with Crippen LogP contribution in [0.3, 0.4) is 0 Å². The highest BCUT2D eigenvalue weighted by Gasteiger charge is 2.29. The van der Waals surface area contributed by atoms with Crippen LogP contribution in [0, 0.1) is 0 Å². The third-order valence-corrected chi connectivity index (χ3v) is 2.19. The first-order chi connectivity index (χ1) is 7.89. The van der Waals surface area contributed by atoms with Gasteiger partial charge in [0.2, 0.25) is 0 Å². The summed E-state index contributed by atoms with van der Waals surface area (Å²) >= 11 is 0. The normalized spacial score (nSPS) is 12.6. The molecule has 1 nitrogen and oxygen atoms in total. The Balaban J connectivity index is 2.57. The molecule has 0 radical (unpaired) electrons. The molecule has 94 valence electrons. The van der Waals surface area contributed by atoms with Crippen LogP contribution in [0.1, 0.15) is 25.0 Å². The Bertz CT molecular complexity index is 363. The molecule has 0 atom stereocenters. The van der Waals surface area contributed by atoms with Gasteiger partial charge >= 0.3 is 6.18 Å². The molecule has 0 spiro atoms. The number of nitrogens with one attached hydrogen (secondary N) is 1. The molecule has 0 aromatic heterocycles. The zero-order valence-corrected chi connectivity index (χ0v) is 9.88. The van der Waals surface area contributed by atoms with E-state index in [0.29, 0.717) is 12.6 Å². The highest BCUT2D eigenvalue weighted by Crippen LogP contribution is 2.29. The lowest BCUT2D eigenvalue weighted by molar-refractivity contribution is -0.137. The van der Waals surface area contributed by atoms with Crippen LogP contribution in [0.15, 0.2) is 30.3 Å². The van der Waals surface area contributed by atoms with Crippen LogP contribution in [0.2, 0.25) is 0 Å². The van der Waals surface area contributed by atoms with Crippen molar-refractivity contribution in [1.29, 1.82) is 0 Å². The van der Waals surface area contributed by atoms with E-state index in [4.69, 9.17) is 0 Å². The van der Waals surface area contributed by atoms with E-state index in [0.717, 1.165) is 17.7 Å². The number of rotatable bonds is 4. The third-order valence-electron chi connectivity index (χ3n) is 2.19. The van der Waals surface area contributed by atoms with Crippen LogP contribution in [0.5, 0.6) is 0 Å². The summed E-state index contributed by atoms with van der Waals surface area (Å²) in [5, 5.41) is 3.18. The topological polar surface area (TPSA) is 12.0 Å². The van der Waals surface area contributed by atoms with E-state index < -0.39 is 11.7 Å². The van der Waals surface area contributed by atoms with Gasteiger partial charge in [-0.1, -0.05) is 38.1 Å². The van der Waals surface area contributed by atoms with Gasteiger partial charge in [-0.25, -0.2) is 0 Å². The van der Waals surface area contributed by atoms with Crippen molar-refractivity contribution in [3.05, 3.63) is 41.5 Å². The van der Waals surface area contributed by atoms with Gasteiger partial charge in [0.15, 0.2) is 0 Å². The van der Waals surface area contributed by atoms with E-state index in [9.17, 15) is 13.2 Å². The van der Waals surface area contributed by atoms with Crippen LogP contribution in [0.25, 0.3) is 6.08 Å². The highest BCUT2D eigenvalue weighted by molar-refractivity contribution is 5.50. The SMILES string of the molecule is CC(C)NCC=Cc1ccc(C(F)(F)F)cc1. The molecular weight excluding hydrogens is 227 g/mol. The Labute approximate surface area is 99.3 Å². The molecule has 0 fully saturated rings. The van der Waals surface area contributed by atoms with Gasteiger partial charge in [0.1, 0.15) is 0 Å². The maximum Gasteiger partial charge on any atom is 0.416 e. The van der Waals surface area contributed by atoms with E-state index in [2.05, 4.69) is 5.32 Å². The maximum atomic E-state index is 12.3. The van der Waals surface area contributed by atoms with E-state index in [-0.39, 0.29) is 0 Å². The lowest BCUT2D eigenvalue weighted by atomic mass is 10.1. The Morgan fingerprint density at radius 3 is 2.24 bits per heavy atom. The zero-order valence-electron chi connectivity index (χ0n) is 9.88. The lowest BCUT2D eigenvalue weighted by Crippen LogP contribution is -2.22. The molecular formula is C13H16F3N. The van der Waals surface area contributed by atoms with Crippen molar-refractivity contribution in [2.45, 2.75) is 26.1 Å². The molecule has 1 rings (SSSR count). The first kappa shape index (κ1) is 13.8. The molecule has 0 unspecified atom stereocenters. The molecule has 0 aliphatic rings. The van der Waals surface area contributed by atoms with E-state index in [1.54, 1.807) is 6.08 Å². The number of halogens is 3. The molecule has 17 heavy (non-hydrogen) atoms. The quantitative estimate of drug-likeness (QED) is 0.849. The van der Waals surface area contributed by atoms with E-state index in [1.165, 1.54) is 12.1 Å². The maximum absolute atomic E-state index is 12.3. The fraction of sp³-hybridized carbons (Fsp3) is 0.385. The summed E-state index contributed by atoms with van der Waals surface area (Å²) in [5.74, 6) is 0. The molecule has 1 aromatic rings. The molecule has 0 saturated carbocycles. The van der Waals surface area contributed by atoms with Crippen LogP contribution >= 0.6 is 0 Å². The van der Waals surface area contributed by atoms with Gasteiger partial charge in [0.25, 0.3) is 0 Å². The van der Waals surface area contributed by atoms with Crippen molar-refractivity contribution in [2.24, 2.45) is 0 Å². The molecule has 0 saturated heterocycles. The van der Waals surface area contributed by atoms with Gasteiger partial charge in [-0.15, -0.1) is 0 Å². The summed E-state index contributed by atoms with van der Waals surface area (Å²) in [6, 6.07) is 5.52. The molecule has 0 aliphatic heterocycles. The standard InChI is InChI=1S/C13H16F3N/c1-10(2)17-9-3-4-11-5-7-12(8-6-11)13(14,15)16/h3-8,10,17H,9H2,1-2H3. The second-order valence-electron chi connectivity index (χ2n) is 4.09. The summed E-state index contributed by atoms with van der Waals surface area (Å²) in [7, 11) is 0. The minimum Gasteiger partial charge on any atom is -0.311 e. The van der Waals surface area contributed by atoms with Crippen LogP contribution in [0.4, 0.5) is 13.2 Å². The largest absolute Gasteiger partial charge is 0.416 e. The minimum atomic E-state index is -4.26. The zero-order chi connectivity index (χ0) is 12.9. The molecule has 0 heterocycles. The van der Waals surface area contributed by atoms with Gasteiger partial charge in [0.05, 0.1) is 5.56 Å². The Morgan fingerprint density at radius 1 is 1.18 bits per heavy atom. The fourth-order valence-corrected chi connectivity index (χ4v) is 1.28. The highest BCUT2D eigenvalue weighted by atomic mass is 19.4. The predicted octanol–water partition coefficient (Wildman–Crippen LogP) is 3.72. The Hall–Kier alpha value is -1.29. The molecule has 1 aromatic carbocycles. The monoisotopic (exact) mass is 243 g/mol. The van der Waals surface area contributed by atoms with Gasteiger partial charge in [-0.2, -0.15) is 13.2 Å². The first-order valence-electron chi connectivity index (χ1n) is 5.47. The smallest absolute Gasteiger partial charge is 0.311 e. The predicted molar refractivity (Wildman–Crippen MR) is 63.6 cm³/mol. The minimum absolute atomic E-state index is 0.396. The first-order valence-corrected chi connectivity index (χ1v) is 5.47. The number of hydrogen-bond acceptors (Lipinski definition) is 1. The van der Waals surface area contributed by atoms with Crippen LogP contribution in [-0.4, -0.2) is 12.6 Å². The van der Waals surface area contributed by atoms with E-state index in [1.807, 2.05) is 19.9 Å². The average molecular weight is 243 g/mol. The summed E-state index contributed by atoms with van der Waals surface area (Å²) in [5.41, 5.74) is 0.151. The fourth-order valence-electron chi connectivity index (χ4n) is 1.28. The third kappa shape index (κ3) is 5.04. The van der Waals surface area contributed by atoms with Crippen molar-refractivity contribution < 1.29 is 13.2 Å². The van der Waals surface area contributed by atoms with Crippen LogP contribution in [-0.2, 0) is 6.18 Å². The van der Waals surface area contributed by atoms with Gasteiger partial charge in [0, 0.05) is 12.6 Å². The molecule has 0 bridgehead atoms. The van der Waals surface area contributed by atoms with Gasteiger partial charge in [-0.05, 0) is 17.7 Å². The van der Waals surface area contributed by atoms with Crippen molar-refractivity contribution in [3.63, 3.8) is 0 Å². The summed E-state index contributed by atoms with van der Waals surface area (Å²) in [6.07, 6.45) is -0.570. The van der Waals surface area contributed by atoms with E-state index >= 15 is 0 Å². The number of alkyl halides is 3.